The molecule has 2 amide bonds. The van der Waals surface area contributed by atoms with Crippen LogP contribution in [-0.2, 0) is 20.9 Å². The van der Waals surface area contributed by atoms with E-state index >= 15 is 0 Å². The van der Waals surface area contributed by atoms with Gasteiger partial charge in [0.1, 0.15) is 17.9 Å². The zero-order valence-electron chi connectivity index (χ0n) is 15.5. The number of carbonyl (C=O) groups excluding carboxylic acids is 3. The van der Waals surface area contributed by atoms with Gasteiger partial charge in [-0.1, -0.05) is 54.6 Å². The van der Waals surface area contributed by atoms with Crippen LogP contribution in [0.3, 0.4) is 0 Å². The molecule has 5 nitrogen and oxygen atoms in total. The lowest BCUT2D eigenvalue weighted by atomic mass is 9.84. The van der Waals surface area contributed by atoms with Crippen molar-refractivity contribution in [3.8, 4) is 0 Å². The van der Waals surface area contributed by atoms with Crippen molar-refractivity contribution in [1.82, 2.24) is 4.90 Å². The van der Waals surface area contributed by atoms with E-state index in [1.807, 2.05) is 66.9 Å². The van der Waals surface area contributed by atoms with E-state index in [0.717, 1.165) is 21.6 Å². The topological polar surface area (TPSA) is 58.9 Å². The number of amides is 2. The van der Waals surface area contributed by atoms with E-state index in [2.05, 4.69) is 0 Å². The molecule has 0 radical (unpaired) electrons. The van der Waals surface area contributed by atoms with Gasteiger partial charge in [-0.05, 0) is 17.2 Å². The zero-order chi connectivity index (χ0) is 19.4. The second kappa shape index (κ2) is 6.24. The zero-order valence-corrected chi connectivity index (χ0v) is 15.5. The molecular formula is C23H21N2O3+. The number of Topliss-reactive ketones (excluding diaryl/α,β-unsaturated/α-hetero) is 1. The fourth-order valence-corrected chi connectivity index (χ4v) is 5.21. The minimum atomic E-state index is -0.593. The van der Waals surface area contributed by atoms with Crippen molar-refractivity contribution in [3.63, 3.8) is 0 Å². The van der Waals surface area contributed by atoms with Crippen molar-refractivity contribution in [2.75, 3.05) is 0 Å². The monoisotopic (exact) mass is 373 g/mol. The number of imide groups is 1. The molecule has 3 heterocycles. The first-order valence-corrected chi connectivity index (χ1v) is 9.61. The van der Waals surface area contributed by atoms with Gasteiger partial charge in [0, 0.05) is 12.5 Å². The maximum atomic E-state index is 13.4. The van der Waals surface area contributed by atoms with Crippen LogP contribution in [0.5, 0.6) is 0 Å². The number of ketones is 1. The Morgan fingerprint density at radius 1 is 0.964 bits per heavy atom. The normalized spacial score (nSPS) is 30.2. The first-order chi connectivity index (χ1) is 13.6. The molecular weight excluding hydrogens is 352 g/mol. The molecule has 0 aromatic heterocycles. The molecule has 3 aliphatic heterocycles. The van der Waals surface area contributed by atoms with Crippen LogP contribution < -0.4 is 4.90 Å². The smallest absolute Gasteiger partial charge is 0.240 e. The Kier molecular flexibility index (Phi) is 3.81. The summed E-state index contributed by atoms with van der Waals surface area (Å²) in [5, 5.41) is 0. The van der Waals surface area contributed by atoms with Crippen molar-refractivity contribution in [3.05, 3.63) is 77.5 Å². The fraction of sp³-hybridized carbons (Fsp3) is 0.261. The summed E-state index contributed by atoms with van der Waals surface area (Å²) in [6, 6.07) is 16.8. The highest BCUT2D eigenvalue weighted by Gasteiger charge is 2.67. The van der Waals surface area contributed by atoms with E-state index in [9.17, 15) is 14.4 Å². The van der Waals surface area contributed by atoms with Gasteiger partial charge in [-0.2, -0.15) is 0 Å². The van der Waals surface area contributed by atoms with Crippen molar-refractivity contribution < 1.29 is 19.3 Å². The standard InChI is InChI=1S/C23H20N2O3/c1-14(26)20-18-19(21-17-10-6-5-9-16(17)11-12-24(20)21)23(28)25(22(18)27)13-15-7-3-2-4-8-15/h2-12,18-21H,13H2,1H3/p+1/t18-,19+,20+,21+/m1/s1. The number of fused-ring (bicyclic) bond motifs is 5. The number of hydrogen-bond donors (Lipinski definition) is 1. The number of nitrogens with zero attached hydrogens (tertiary/aromatic N) is 1. The molecule has 1 N–H and O–H groups in total. The molecule has 2 aromatic carbocycles. The summed E-state index contributed by atoms with van der Waals surface area (Å²) in [6.45, 7) is 1.79. The molecule has 0 bridgehead atoms. The number of carbonyl (C=O) groups is 3. The van der Waals surface area contributed by atoms with Crippen molar-refractivity contribution in [2.45, 2.75) is 25.6 Å². The van der Waals surface area contributed by atoms with Crippen LogP contribution in [0.15, 0.2) is 60.8 Å². The summed E-state index contributed by atoms with van der Waals surface area (Å²) >= 11 is 0. The van der Waals surface area contributed by atoms with Gasteiger partial charge in [-0.15, -0.1) is 0 Å². The Balaban J connectivity index is 1.58. The van der Waals surface area contributed by atoms with Crippen LogP contribution in [0.2, 0.25) is 0 Å². The van der Waals surface area contributed by atoms with Crippen LogP contribution in [0, 0.1) is 11.8 Å². The van der Waals surface area contributed by atoms with Gasteiger partial charge >= 0.3 is 0 Å². The van der Waals surface area contributed by atoms with Crippen LogP contribution in [0.1, 0.15) is 29.7 Å². The lowest BCUT2D eigenvalue weighted by Gasteiger charge is -2.30. The van der Waals surface area contributed by atoms with Crippen molar-refractivity contribution >= 4 is 23.7 Å². The SMILES string of the molecule is CC(=O)[C@H]1[C@@H]2C(=O)N(Cc3ccccc3)C(=O)[C@@H]2[C@@H]2c3ccccc3C=C[NH+]12. The van der Waals surface area contributed by atoms with E-state index in [0.29, 0.717) is 0 Å². The number of nitrogens with one attached hydrogen (secondary N) is 1. The van der Waals surface area contributed by atoms with Gasteiger partial charge in [0.2, 0.25) is 11.8 Å². The molecule has 5 atom stereocenters. The Morgan fingerprint density at radius 3 is 2.39 bits per heavy atom. The molecule has 5 rings (SSSR count). The van der Waals surface area contributed by atoms with Crippen LogP contribution >= 0.6 is 0 Å². The maximum absolute atomic E-state index is 13.4. The molecule has 2 fully saturated rings. The molecule has 1 unspecified atom stereocenters. The first-order valence-electron chi connectivity index (χ1n) is 9.61. The minimum absolute atomic E-state index is 0.0424. The fourth-order valence-electron chi connectivity index (χ4n) is 5.21. The van der Waals surface area contributed by atoms with Gasteiger partial charge in [0.25, 0.3) is 0 Å². The van der Waals surface area contributed by atoms with Crippen LogP contribution in [0.4, 0.5) is 0 Å². The van der Waals surface area contributed by atoms with Gasteiger partial charge in [0.15, 0.2) is 11.8 Å². The van der Waals surface area contributed by atoms with Gasteiger partial charge in [-0.25, -0.2) is 0 Å². The Morgan fingerprint density at radius 2 is 1.64 bits per heavy atom. The Labute approximate surface area is 163 Å². The number of rotatable bonds is 3. The molecule has 0 spiro atoms. The van der Waals surface area contributed by atoms with Gasteiger partial charge in [0.05, 0.1) is 12.7 Å². The summed E-state index contributed by atoms with van der Waals surface area (Å²) in [5.74, 6) is -1.50. The van der Waals surface area contributed by atoms with Crippen LogP contribution in [-0.4, -0.2) is 28.5 Å². The molecule has 2 aromatic rings. The predicted octanol–water partition coefficient (Wildman–Crippen LogP) is 1.37. The lowest BCUT2D eigenvalue weighted by Crippen LogP contribution is -3.12. The minimum Gasteiger partial charge on any atom is -0.293 e. The summed E-state index contributed by atoms with van der Waals surface area (Å²) in [5.41, 5.74) is 3.01. The van der Waals surface area contributed by atoms with E-state index in [-0.39, 0.29) is 30.2 Å². The molecule has 28 heavy (non-hydrogen) atoms. The first kappa shape index (κ1) is 17.1. The Hall–Kier alpha value is -3.05. The maximum Gasteiger partial charge on any atom is 0.240 e. The Bertz CT molecular complexity index is 1010. The predicted molar refractivity (Wildman–Crippen MR) is 103 cm³/mol. The highest BCUT2D eigenvalue weighted by molar-refractivity contribution is 6.08. The molecule has 140 valence electrons. The summed E-state index contributed by atoms with van der Waals surface area (Å²) in [6.07, 6.45) is 3.95. The average molecular weight is 373 g/mol. The molecule has 0 saturated carbocycles. The summed E-state index contributed by atoms with van der Waals surface area (Å²) in [4.78, 5) is 41.5. The summed E-state index contributed by atoms with van der Waals surface area (Å²) < 4.78 is 0. The van der Waals surface area contributed by atoms with Gasteiger partial charge < -0.3 is 0 Å². The number of likely N-dealkylation sites (tertiary alicyclic amines) is 1. The molecule has 2 saturated heterocycles. The van der Waals surface area contributed by atoms with Gasteiger partial charge in [-0.3, -0.25) is 24.2 Å². The average Bonchev–Trinajstić information content (AvgIpc) is 3.18. The van der Waals surface area contributed by atoms with E-state index < -0.39 is 17.9 Å². The third kappa shape index (κ3) is 2.33. The third-order valence-corrected chi connectivity index (χ3v) is 6.33. The lowest BCUT2D eigenvalue weighted by molar-refractivity contribution is -0.884. The highest BCUT2D eigenvalue weighted by atomic mass is 16.2. The molecule has 0 aliphatic carbocycles. The number of hydrogen-bond acceptors (Lipinski definition) is 3. The van der Waals surface area contributed by atoms with Crippen molar-refractivity contribution in [2.24, 2.45) is 11.8 Å². The third-order valence-electron chi connectivity index (χ3n) is 6.33. The summed E-state index contributed by atoms with van der Waals surface area (Å²) in [7, 11) is 0. The quantitative estimate of drug-likeness (QED) is 0.827. The molecule has 3 aliphatic rings. The highest BCUT2D eigenvalue weighted by Crippen LogP contribution is 2.43. The van der Waals surface area contributed by atoms with E-state index in [4.69, 9.17) is 0 Å². The largest absolute Gasteiger partial charge is 0.293 e. The van der Waals surface area contributed by atoms with Crippen molar-refractivity contribution in [1.29, 1.82) is 0 Å². The second-order valence-electron chi connectivity index (χ2n) is 7.83. The number of quaternary nitrogens is 1. The van der Waals surface area contributed by atoms with E-state index in [1.54, 1.807) is 0 Å². The molecule has 5 heteroatoms. The second-order valence-corrected chi connectivity index (χ2v) is 7.83. The van der Waals surface area contributed by atoms with E-state index in [1.165, 1.54) is 11.8 Å². The van der Waals surface area contributed by atoms with Crippen LogP contribution in [0.25, 0.3) is 6.08 Å². The number of benzene rings is 2.